The first-order valence-corrected chi connectivity index (χ1v) is 6.43. The summed E-state index contributed by atoms with van der Waals surface area (Å²) >= 11 is 0. The first kappa shape index (κ1) is 12.8. The smallest absolute Gasteiger partial charge is 0.196 e. The van der Waals surface area contributed by atoms with E-state index in [4.69, 9.17) is 4.42 Å². The second kappa shape index (κ2) is 5.83. The third-order valence-corrected chi connectivity index (χ3v) is 3.11. The van der Waals surface area contributed by atoms with Gasteiger partial charge in [0.05, 0.1) is 6.20 Å². The predicted molar refractivity (Wildman–Crippen MR) is 73.7 cm³/mol. The van der Waals surface area contributed by atoms with Gasteiger partial charge in [-0.3, -0.25) is 0 Å². The highest BCUT2D eigenvalue weighted by atomic mass is 16.4. The van der Waals surface area contributed by atoms with Gasteiger partial charge in [0.25, 0.3) is 0 Å². The maximum absolute atomic E-state index is 5.76. The highest BCUT2D eigenvalue weighted by Crippen LogP contribution is 2.22. The number of nitrogens with one attached hydrogen (secondary N) is 1. The van der Waals surface area contributed by atoms with Crippen LogP contribution in [0.2, 0.25) is 0 Å². The molecule has 0 atom stereocenters. The van der Waals surface area contributed by atoms with Crippen LogP contribution < -0.4 is 5.32 Å². The molecule has 0 aliphatic rings. The summed E-state index contributed by atoms with van der Waals surface area (Å²) in [6.07, 6.45) is 2.64. The molecular formula is C15H20N2O. The second-order valence-corrected chi connectivity index (χ2v) is 4.52. The molecule has 0 spiro atoms. The number of hydrogen-bond acceptors (Lipinski definition) is 3. The number of likely N-dealkylation sites (N-methyl/N-ethyl adjacent to an activating group) is 1. The van der Waals surface area contributed by atoms with Gasteiger partial charge in [0, 0.05) is 18.5 Å². The van der Waals surface area contributed by atoms with Crippen LogP contribution in [-0.4, -0.2) is 18.1 Å². The van der Waals surface area contributed by atoms with E-state index in [9.17, 15) is 0 Å². The van der Waals surface area contributed by atoms with Crippen molar-refractivity contribution in [1.29, 1.82) is 0 Å². The molecule has 1 aromatic carbocycles. The Bertz CT molecular complexity index is 517. The maximum Gasteiger partial charge on any atom is 0.196 e. The molecule has 0 fully saturated rings. The molecule has 3 nitrogen and oxygen atoms in total. The summed E-state index contributed by atoms with van der Waals surface area (Å²) in [5.74, 6) is 1.65. The van der Waals surface area contributed by atoms with E-state index in [-0.39, 0.29) is 0 Å². The average Bonchev–Trinajstić information content (AvgIpc) is 2.82. The monoisotopic (exact) mass is 244 g/mol. The molecule has 0 radical (unpaired) electrons. The van der Waals surface area contributed by atoms with Crippen LogP contribution >= 0.6 is 0 Å². The standard InChI is InChI=1S/C15H20N2O/c1-4-16-8-7-15-17-10-14(18-15)13-6-5-11(2)12(3)9-13/h5-6,9-10,16H,4,7-8H2,1-3H3. The van der Waals surface area contributed by atoms with Gasteiger partial charge in [0.1, 0.15) is 0 Å². The summed E-state index contributed by atoms with van der Waals surface area (Å²) in [6, 6.07) is 6.34. The summed E-state index contributed by atoms with van der Waals surface area (Å²) in [5, 5.41) is 3.26. The van der Waals surface area contributed by atoms with Crippen molar-refractivity contribution in [2.45, 2.75) is 27.2 Å². The summed E-state index contributed by atoms with van der Waals surface area (Å²) < 4.78 is 5.76. The van der Waals surface area contributed by atoms with Crippen LogP contribution in [0.1, 0.15) is 23.9 Å². The molecule has 2 rings (SSSR count). The summed E-state index contributed by atoms with van der Waals surface area (Å²) in [5.41, 5.74) is 3.67. The van der Waals surface area contributed by atoms with Gasteiger partial charge in [-0.2, -0.15) is 0 Å². The lowest BCUT2D eigenvalue weighted by Crippen LogP contribution is -2.16. The SMILES string of the molecule is CCNCCc1ncc(-c2ccc(C)c(C)c2)o1. The highest BCUT2D eigenvalue weighted by Gasteiger charge is 2.06. The third-order valence-electron chi connectivity index (χ3n) is 3.11. The van der Waals surface area contributed by atoms with Gasteiger partial charge < -0.3 is 9.73 Å². The van der Waals surface area contributed by atoms with E-state index < -0.39 is 0 Å². The molecule has 1 N–H and O–H groups in total. The van der Waals surface area contributed by atoms with Crippen LogP contribution in [0.5, 0.6) is 0 Å². The maximum atomic E-state index is 5.76. The zero-order valence-electron chi connectivity index (χ0n) is 11.3. The molecule has 2 aromatic rings. The van der Waals surface area contributed by atoms with Crippen molar-refractivity contribution in [3.05, 3.63) is 41.4 Å². The molecule has 3 heteroatoms. The Morgan fingerprint density at radius 1 is 1.22 bits per heavy atom. The summed E-state index contributed by atoms with van der Waals surface area (Å²) in [6.45, 7) is 8.20. The van der Waals surface area contributed by atoms with Crippen LogP contribution in [0.15, 0.2) is 28.8 Å². The average molecular weight is 244 g/mol. The van der Waals surface area contributed by atoms with Crippen molar-refractivity contribution < 1.29 is 4.42 Å². The molecule has 0 unspecified atom stereocenters. The lowest BCUT2D eigenvalue weighted by atomic mass is 10.1. The topological polar surface area (TPSA) is 38.1 Å². The molecule has 0 aliphatic carbocycles. The van der Waals surface area contributed by atoms with Crippen LogP contribution in [0.4, 0.5) is 0 Å². The zero-order chi connectivity index (χ0) is 13.0. The minimum absolute atomic E-state index is 0.796. The normalized spacial score (nSPS) is 10.8. The van der Waals surface area contributed by atoms with E-state index in [1.165, 1.54) is 11.1 Å². The number of oxazole rings is 1. The first-order valence-electron chi connectivity index (χ1n) is 6.43. The summed E-state index contributed by atoms with van der Waals surface area (Å²) in [7, 11) is 0. The quantitative estimate of drug-likeness (QED) is 0.821. The number of benzene rings is 1. The van der Waals surface area contributed by atoms with Gasteiger partial charge in [-0.05, 0) is 37.6 Å². The molecule has 1 aromatic heterocycles. The largest absolute Gasteiger partial charge is 0.441 e. The Morgan fingerprint density at radius 2 is 2.06 bits per heavy atom. The fraction of sp³-hybridized carbons (Fsp3) is 0.400. The molecule has 18 heavy (non-hydrogen) atoms. The van der Waals surface area contributed by atoms with Crippen LogP contribution in [0.3, 0.4) is 0 Å². The van der Waals surface area contributed by atoms with Crippen molar-refractivity contribution in [2.24, 2.45) is 0 Å². The predicted octanol–water partition coefficient (Wildman–Crippen LogP) is 3.11. The Hall–Kier alpha value is -1.61. The van der Waals surface area contributed by atoms with Crippen molar-refractivity contribution in [3.63, 3.8) is 0 Å². The van der Waals surface area contributed by atoms with E-state index in [1.807, 2.05) is 6.20 Å². The van der Waals surface area contributed by atoms with Gasteiger partial charge in [-0.25, -0.2) is 4.98 Å². The van der Waals surface area contributed by atoms with Gasteiger partial charge in [0.2, 0.25) is 0 Å². The van der Waals surface area contributed by atoms with Gasteiger partial charge in [0.15, 0.2) is 11.7 Å². The Kier molecular flexibility index (Phi) is 4.15. The molecule has 0 bridgehead atoms. The van der Waals surface area contributed by atoms with E-state index in [1.54, 1.807) is 0 Å². The number of aromatic nitrogens is 1. The third kappa shape index (κ3) is 2.99. The molecule has 96 valence electrons. The number of nitrogens with zero attached hydrogens (tertiary/aromatic N) is 1. The van der Waals surface area contributed by atoms with Crippen LogP contribution in [0, 0.1) is 13.8 Å². The van der Waals surface area contributed by atoms with E-state index in [0.717, 1.165) is 36.7 Å². The fourth-order valence-corrected chi connectivity index (χ4v) is 1.83. The fourth-order valence-electron chi connectivity index (χ4n) is 1.83. The molecule has 0 aliphatic heterocycles. The summed E-state index contributed by atoms with van der Waals surface area (Å²) in [4.78, 5) is 4.31. The molecule has 0 saturated carbocycles. The van der Waals surface area contributed by atoms with Crippen molar-refractivity contribution in [1.82, 2.24) is 10.3 Å². The Morgan fingerprint density at radius 3 is 2.78 bits per heavy atom. The van der Waals surface area contributed by atoms with Gasteiger partial charge in [-0.15, -0.1) is 0 Å². The van der Waals surface area contributed by atoms with Crippen molar-refractivity contribution in [3.8, 4) is 11.3 Å². The lowest BCUT2D eigenvalue weighted by molar-refractivity contribution is 0.497. The number of rotatable bonds is 5. The Balaban J connectivity index is 2.11. The van der Waals surface area contributed by atoms with Crippen molar-refractivity contribution >= 4 is 0 Å². The van der Waals surface area contributed by atoms with Gasteiger partial charge >= 0.3 is 0 Å². The Labute approximate surface area is 108 Å². The molecule has 0 amide bonds. The lowest BCUT2D eigenvalue weighted by Gasteiger charge is -2.02. The van der Waals surface area contributed by atoms with Gasteiger partial charge in [-0.1, -0.05) is 19.1 Å². The number of hydrogen-bond donors (Lipinski definition) is 1. The van der Waals surface area contributed by atoms with Crippen LogP contribution in [0.25, 0.3) is 11.3 Å². The van der Waals surface area contributed by atoms with Crippen molar-refractivity contribution in [2.75, 3.05) is 13.1 Å². The second-order valence-electron chi connectivity index (χ2n) is 4.52. The zero-order valence-corrected chi connectivity index (χ0v) is 11.3. The van der Waals surface area contributed by atoms with E-state index in [2.05, 4.69) is 49.3 Å². The number of aryl methyl sites for hydroxylation is 2. The first-order chi connectivity index (χ1) is 8.70. The minimum atomic E-state index is 0.796. The highest BCUT2D eigenvalue weighted by molar-refractivity contribution is 5.58. The van der Waals surface area contributed by atoms with Crippen LogP contribution in [-0.2, 0) is 6.42 Å². The minimum Gasteiger partial charge on any atom is -0.441 e. The molecule has 1 heterocycles. The molecule has 0 saturated heterocycles. The van der Waals surface area contributed by atoms with E-state index in [0.29, 0.717) is 0 Å². The van der Waals surface area contributed by atoms with E-state index >= 15 is 0 Å². The molecular weight excluding hydrogens is 224 g/mol.